The first-order valence-corrected chi connectivity index (χ1v) is 12.4. The monoisotopic (exact) mass is 490 g/mol. The van der Waals surface area contributed by atoms with Crippen molar-refractivity contribution in [2.24, 2.45) is 0 Å². The van der Waals surface area contributed by atoms with Gasteiger partial charge >= 0.3 is 5.97 Å². The number of nitrogens with zero attached hydrogens (tertiary/aromatic N) is 5. The molecular formula is C29H26N6O2. The van der Waals surface area contributed by atoms with Crippen molar-refractivity contribution in [3.63, 3.8) is 0 Å². The second kappa shape index (κ2) is 9.46. The third-order valence-corrected chi connectivity index (χ3v) is 6.84. The van der Waals surface area contributed by atoms with Crippen molar-refractivity contribution in [1.82, 2.24) is 24.9 Å². The van der Waals surface area contributed by atoms with Gasteiger partial charge in [-0.15, -0.1) is 0 Å². The summed E-state index contributed by atoms with van der Waals surface area (Å²) < 4.78 is 0. The normalized spacial score (nSPS) is 13.7. The molecule has 1 aliphatic rings. The molecule has 0 atom stereocenters. The fourth-order valence-electron chi connectivity index (χ4n) is 4.97. The van der Waals surface area contributed by atoms with Crippen LogP contribution in [-0.2, 0) is 0 Å². The molecule has 0 bridgehead atoms. The molecule has 1 aliphatic heterocycles. The molecule has 1 saturated heterocycles. The third kappa shape index (κ3) is 4.42. The molecular weight excluding hydrogens is 464 g/mol. The lowest BCUT2D eigenvalue weighted by atomic mass is 10.0. The van der Waals surface area contributed by atoms with Crippen LogP contribution in [0.1, 0.15) is 35.3 Å². The van der Waals surface area contributed by atoms with E-state index in [-0.39, 0.29) is 5.56 Å². The van der Waals surface area contributed by atoms with Crippen molar-refractivity contribution in [3.05, 3.63) is 78.5 Å². The number of benzene rings is 1. The van der Waals surface area contributed by atoms with Crippen LogP contribution in [0.25, 0.3) is 44.8 Å². The molecule has 184 valence electrons. The Balaban J connectivity index is 1.40. The maximum Gasteiger partial charge on any atom is 0.339 e. The van der Waals surface area contributed by atoms with Crippen LogP contribution in [-0.4, -0.2) is 49.1 Å². The number of H-pyrrole nitrogens is 1. The number of aromatic carboxylic acids is 1. The maximum absolute atomic E-state index is 11.9. The first-order chi connectivity index (χ1) is 18.1. The molecule has 8 nitrogen and oxygen atoms in total. The molecule has 1 fully saturated rings. The summed E-state index contributed by atoms with van der Waals surface area (Å²) in [5.74, 6) is -0.959. The van der Waals surface area contributed by atoms with Crippen LogP contribution in [0.15, 0.2) is 67.3 Å². The molecule has 0 amide bonds. The van der Waals surface area contributed by atoms with Gasteiger partial charge in [0, 0.05) is 47.7 Å². The molecule has 1 aromatic carbocycles. The maximum atomic E-state index is 11.9. The Kier molecular flexibility index (Phi) is 5.84. The Morgan fingerprint density at radius 2 is 1.76 bits per heavy atom. The molecule has 8 heteroatoms. The topological polar surface area (TPSA) is 108 Å². The lowest BCUT2D eigenvalue weighted by Gasteiger charge is -2.30. The molecule has 0 aliphatic carbocycles. The fraction of sp³-hybridized carbons (Fsp3) is 0.207. The van der Waals surface area contributed by atoms with Crippen LogP contribution < -0.4 is 4.90 Å². The van der Waals surface area contributed by atoms with Crippen molar-refractivity contribution in [1.29, 1.82) is 0 Å². The summed E-state index contributed by atoms with van der Waals surface area (Å²) in [5, 5.41) is 10.7. The van der Waals surface area contributed by atoms with Crippen LogP contribution in [0, 0.1) is 6.92 Å². The predicted molar refractivity (Wildman–Crippen MR) is 144 cm³/mol. The number of piperidine rings is 1. The van der Waals surface area contributed by atoms with E-state index in [1.165, 1.54) is 12.6 Å². The number of carboxylic acid groups (broad SMARTS) is 1. The minimum atomic E-state index is -0.959. The molecule has 37 heavy (non-hydrogen) atoms. The second-order valence-corrected chi connectivity index (χ2v) is 9.36. The number of hydrogen-bond acceptors (Lipinski definition) is 6. The van der Waals surface area contributed by atoms with Gasteiger partial charge in [0.2, 0.25) is 0 Å². The number of hydrogen-bond donors (Lipinski definition) is 2. The Morgan fingerprint density at radius 1 is 0.919 bits per heavy atom. The molecule has 4 aromatic heterocycles. The summed E-state index contributed by atoms with van der Waals surface area (Å²) in [6.07, 6.45) is 8.23. The SMILES string of the molecule is Cc1cccc(-c2[nH]cnc2-c2ccc3ncc(-c4cc(N5CCCCC5)c(C(=O)O)cn4)cc3c2)n1. The average Bonchev–Trinajstić information content (AvgIpc) is 3.43. The van der Waals surface area contributed by atoms with E-state index < -0.39 is 5.97 Å². The molecule has 6 rings (SSSR count). The highest BCUT2D eigenvalue weighted by Crippen LogP contribution is 2.33. The van der Waals surface area contributed by atoms with E-state index in [2.05, 4.69) is 35.9 Å². The van der Waals surface area contributed by atoms with Gasteiger partial charge in [-0.05, 0) is 62.6 Å². The van der Waals surface area contributed by atoms with E-state index in [1.54, 1.807) is 12.5 Å². The van der Waals surface area contributed by atoms with Gasteiger partial charge in [0.1, 0.15) is 5.56 Å². The van der Waals surface area contributed by atoms with E-state index in [4.69, 9.17) is 0 Å². The standard InChI is InChI=1S/C29H26N6O2/c1-18-6-5-7-24(34-18)28-27(32-17-33-28)19-8-9-23-20(12-19)13-21(15-30-23)25-14-26(22(16-31-25)29(36)37)35-10-3-2-4-11-35/h5-9,12-17H,2-4,10-11H2,1H3,(H,32,33)(H,36,37). The van der Waals surface area contributed by atoms with Crippen LogP contribution in [0.4, 0.5) is 5.69 Å². The molecule has 0 spiro atoms. The minimum absolute atomic E-state index is 0.234. The molecule has 5 aromatic rings. The smallest absolute Gasteiger partial charge is 0.339 e. The molecule has 0 saturated carbocycles. The van der Waals surface area contributed by atoms with Crippen molar-refractivity contribution in [2.45, 2.75) is 26.2 Å². The molecule has 0 unspecified atom stereocenters. The highest BCUT2D eigenvalue weighted by Gasteiger charge is 2.20. The number of aromatic amines is 1. The molecule has 0 radical (unpaired) electrons. The Morgan fingerprint density at radius 3 is 2.57 bits per heavy atom. The van der Waals surface area contributed by atoms with Gasteiger partial charge in [-0.1, -0.05) is 12.1 Å². The number of carbonyl (C=O) groups is 1. The zero-order valence-corrected chi connectivity index (χ0v) is 20.5. The number of rotatable bonds is 5. The number of anilines is 1. The van der Waals surface area contributed by atoms with Gasteiger partial charge in [-0.3, -0.25) is 15.0 Å². The average molecular weight is 491 g/mol. The van der Waals surface area contributed by atoms with Crippen molar-refractivity contribution in [3.8, 4) is 33.9 Å². The molecule has 2 N–H and O–H groups in total. The number of pyridine rings is 3. The van der Waals surface area contributed by atoms with Crippen molar-refractivity contribution in [2.75, 3.05) is 18.0 Å². The van der Waals surface area contributed by atoms with Crippen LogP contribution in [0.5, 0.6) is 0 Å². The van der Waals surface area contributed by atoms with Gasteiger partial charge in [0.05, 0.1) is 40.3 Å². The van der Waals surface area contributed by atoms with E-state index in [0.29, 0.717) is 5.69 Å². The highest BCUT2D eigenvalue weighted by atomic mass is 16.4. The summed E-state index contributed by atoms with van der Waals surface area (Å²) >= 11 is 0. The van der Waals surface area contributed by atoms with Gasteiger partial charge in [-0.2, -0.15) is 0 Å². The van der Waals surface area contributed by atoms with E-state index in [0.717, 1.165) is 76.4 Å². The largest absolute Gasteiger partial charge is 0.478 e. The number of aromatic nitrogens is 5. The van der Waals surface area contributed by atoms with Gasteiger partial charge < -0.3 is 15.0 Å². The zero-order valence-electron chi connectivity index (χ0n) is 20.5. The predicted octanol–water partition coefficient (Wildman–Crippen LogP) is 5.75. The second-order valence-electron chi connectivity index (χ2n) is 9.36. The lowest BCUT2D eigenvalue weighted by molar-refractivity contribution is 0.0697. The molecule has 5 heterocycles. The quantitative estimate of drug-likeness (QED) is 0.323. The Bertz CT molecular complexity index is 1620. The van der Waals surface area contributed by atoms with Gasteiger partial charge in [0.15, 0.2) is 0 Å². The minimum Gasteiger partial charge on any atom is -0.478 e. The van der Waals surface area contributed by atoms with Crippen LogP contribution in [0.2, 0.25) is 0 Å². The number of nitrogens with one attached hydrogen (secondary N) is 1. The first-order valence-electron chi connectivity index (χ1n) is 12.4. The van der Waals surface area contributed by atoms with Gasteiger partial charge in [0.25, 0.3) is 0 Å². The van der Waals surface area contributed by atoms with Gasteiger partial charge in [-0.25, -0.2) is 9.78 Å². The first kappa shape index (κ1) is 22.8. The summed E-state index contributed by atoms with van der Waals surface area (Å²) in [6, 6.07) is 15.9. The summed E-state index contributed by atoms with van der Waals surface area (Å²) in [7, 11) is 0. The van der Waals surface area contributed by atoms with Crippen LogP contribution >= 0.6 is 0 Å². The third-order valence-electron chi connectivity index (χ3n) is 6.84. The fourth-order valence-corrected chi connectivity index (χ4v) is 4.97. The number of fused-ring (bicyclic) bond motifs is 1. The number of carboxylic acids is 1. The van der Waals surface area contributed by atoms with E-state index in [9.17, 15) is 9.90 Å². The Hall–Kier alpha value is -4.59. The Labute approximate surface area is 214 Å². The zero-order chi connectivity index (χ0) is 25.4. The van der Waals surface area contributed by atoms with Crippen LogP contribution in [0.3, 0.4) is 0 Å². The highest BCUT2D eigenvalue weighted by molar-refractivity contribution is 5.95. The summed E-state index contributed by atoms with van der Waals surface area (Å²) in [5.41, 5.74) is 7.77. The summed E-state index contributed by atoms with van der Waals surface area (Å²) in [4.78, 5) is 35.7. The van der Waals surface area contributed by atoms with Crippen molar-refractivity contribution >= 4 is 22.6 Å². The van der Waals surface area contributed by atoms with Crippen molar-refractivity contribution < 1.29 is 9.90 Å². The van der Waals surface area contributed by atoms with E-state index >= 15 is 0 Å². The number of imidazole rings is 1. The number of aryl methyl sites for hydroxylation is 1. The lowest BCUT2D eigenvalue weighted by Crippen LogP contribution is -2.31. The summed E-state index contributed by atoms with van der Waals surface area (Å²) in [6.45, 7) is 3.67. The van der Waals surface area contributed by atoms with E-state index in [1.807, 2.05) is 49.4 Å².